The van der Waals surface area contributed by atoms with E-state index in [4.69, 9.17) is 4.74 Å². The van der Waals surface area contributed by atoms with E-state index in [0.29, 0.717) is 6.42 Å². The van der Waals surface area contributed by atoms with Crippen molar-refractivity contribution in [3.8, 4) is 0 Å². The zero-order valence-corrected chi connectivity index (χ0v) is 6.91. The predicted octanol–water partition coefficient (Wildman–Crippen LogP) is 1.06. The van der Waals surface area contributed by atoms with Gasteiger partial charge in [0.25, 0.3) is 0 Å². The van der Waals surface area contributed by atoms with E-state index in [-0.39, 0.29) is 12.1 Å². The number of aldehydes is 1. The van der Waals surface area contributed by atoms with Crippen LogP contribution in [0.5, 0.6) is 0 Å². The lowest BCUT2D eigenvalue weighted by Gasteiger charge is -2.31. The minimum atomic E-state index is -0.449. The molecule has 0 aromatic carbocycles. The van der Waals surface area contributed by atoms with Gasteiger partial charge in [-0.2, -0.15) is 0 Å². The molecule has 0 bridgehead atoms. The highest BCUT2D eigenvalue weighted by Gasteiger charge is 2.50. The van der Waals surface area contributed by atoms with Crippen LogP contribution in [0.3, 0.4) is 0 Å². The average Bonchev–Trinajstić information content (AvgIpc) is 2.41. The summed E-state index contributed by atoms with van der Waals surface area (Å²) in [5.41, 5.74) is -0.449. The minimum Gasteiger partial charge on any atom is -0.461 e. The van der Waals surface area contributed by atoms with Gasteiger partial charge in [0.1, 0.15) is 12.4 Å². The molecule has 2 aliphatic rings. The van der Waals surface area contributed by atoms with Gasteiger partial charge in [-0.1, -0.05) is 6.42 Å². The van der Waals surface area contributed by atoms with Crippen molar-refractivity contribution < 1.29 is 14.3 Å². The Morgan fingerprint density at radius 1 is 1.50 bits per heavy atom. The number of ether oxygens (including phenoxy) is 1. The van der Waals surface area contributed by atoms with E-state index in [1.165, 1.54) is 0 Å². The molecule has 2 fully saturated rings. The SMILES string of the molecule is O=CC12CCCCC1OC(=O)C2. The predicted molar refractivity (Wildman–Crippen MR) is 41.5 cm³/mol. The van der Waals surface area contributed by atoms with Gasteiger partial charge in [-0.25, -0.2) is 0 Å². The quantitative estimate of drug-likeness (QED) is 0.434. The fourth-order valence-electron chi connectivity index (χ4n) is 2.26. The van der Waals surface area contributed by atoms with E-state index in [1.54, 1.807) is 0 Å². The van der Waals surface area contributed by atoms with Gasteiger partial charge in [-0.3, -0.25) is 4.79 Å². The molecule has 2 atom stereocenters. The van der Waals surface area contributed by atoms with Gasteiger partial charge >= 0.3 is 5.97 Å². The average molecular weight is 168 g/mol. The fraction of sp³-hybridized carbons (Fsp3) is 0.778. The van der Waals surface area contributed by atoms with Crippen molar-refractivity contribution in [2.45, 2.75) is 38.2 Å². The Kier molecular flexibility index (Phi) is 1.67. The summed E-state index contributed by atoms with van der Waals surface area (Å²) in [5, 5.41) is 0. The van der Waals surface area contributed by atoms with Crippen LogP contribution in [0, 0.1) is 5.41 Å². The Hall–Kier alpha value is -0.860. The van der Waals surface area contributed by atoms with E-state index in [0.717, 1.165) is 32.0 Å². The molecule has 0 aromatic heterocycles. The second-order valence-corrected chi connectivity index (χ2v) is 3.75. The summed E-state index contributed by atoms with van der Waals surface area (Å²) in [6.45, 7) is 0. The molecule has 2 unspecified atom stereocenters. The van der Waals surface area contributed by atoms with E-state index in [9.17, 15) is 9.59 Å². The van der Waals surface area contributed by atoms with Crippen LogP contribution in [0.25, 0.3) is 0 Å². The summed E-state index contributed by atoms with van der Waals surface area (Å²) in [6.07, 6.45) is 4.94. The molecular weight excluding hydrogens is 156 g/mol. The van der Waals surface area contributed by atoms with Crippen molar-refractivity contribution in [3.05, 3.63) is 0 Å². The van der Waals surface area contributed by atoms with Crippen LogP contribution in [0.2, 0.25) is 0 Å². The summed E-state index contributed by atoms with van der Waals surface area (Å²) < 4.78 is 5.09. The van der Waals surface area contributed by atoms with Crippen molar-refractivity contribution in [2.24, 2.45) is 5.41 Å². The highest BCUT2D eigenvalue weighted by Crippen LogP contribution is 2.44. The van der Waals surface area contributed by atoms with Gasteiger partial charge in [-0.05, 0) is 19.3 Å². The number of esters is 1. The molecule has 0 N–H and O–H groups in total. The summed E-state index contributed by atoms with van der Waals surface area (Å²) in [5.74, 6) is -0.200. The lowest BCUT2D eigenvalue weighted by molar-refractivity contribution is -0.142. The summed E-state index contributed by atoms with van der Waals surface area (Å²) >= 11 is 0. The number of fused-ring (bicyclic) bond motifs is 1. The molecule has 12 heavy (non-hydrogen) atoms. The standard InChI is InChI=1S/C9H12O3/c10-6-9-4-2-1-3-7(9)12-8(11)5-9/h6-7H,1-5H2. The monoisotopic (exact) mass is 168 g/mol. The number of carbonyl (C=O) groups excluding carboxylic acids is 2. The normalized spacial score (nSPS) is 40.3. The Morgan fingerprint density at radius 2 is 2.33 bits per heavy atom. The van der Waals surface area contributed by atoms with Crippen molar-refractivity contribution in [1.29, 1.82) is 0 Å². The zero-order chi connectivity index (χ0) is 8.60. The molecule has 1 heterocycles. The highest BCUT2D eigenvalue weighted by atomic mass is 16.6. The van der Waals surface area contributed by atoms with Crippen LogP contribution >= 0.6 is 0 Å². The molecule has 66 valence electrons. The Bertz CT molecular complexity index is 224. The van der Waals surface area contributed by atoms with Crippen LogP contribution in [0.4, 0.5) is 0 Å². The Balaban J connectivity index is 2.24. The number of hydrogen-bond donors (Lipinski definition) is 0. The van der Waals surface area contributed by atoms with Gasteiger partial charge in [-0.15, -0.1) is 0 Å². The summed E-state index contributed by atoms with van der Waals surface area (Å²) in [4.78, 5) is 21.9. The zero-order valence-electron chi connectivity index (χ0n) is 6.91. The second-order valence-electron chi connectivity index (χ2n) is 3.75. The van der Waals surface area contributed by atoms with Gasteiger partial charge in [0.15, 0.2) is 0 Å². The van der Waals surface area contributed by atoms with Crippen molar-refractivity contribution >= 4 is 12.3 Å². The molecule has 1 saturated heterocycles. The number of carbonyl (C=O) groups is 2. The third kappa shape index (κ3) is 0.958. The van der Waals surface area contributed by atoms with E-state index in [1.807, 2.05) is 0 Å². The van der Waals surface area contributed by atoms with Crippen LogP contribution in [-0.4, -0.2) is 18.4 Å². The topological polar surface area (TPSA) is 43.4 Å². The van der Waals surface area contributed by atoms with Gasteiger partial charge < -0.3 is 9.53 Å². The third-order valence-corrected chi connectivity index (χ3v) is 2.98. The van der Waals surface area contributed by atoms with E-state index in [2.05, 4.69) is 0 Å². The first-order valence-electron chi connectivity index (χ1n) is 4.43. The molecule has 0 radical (unpaired) electrons. The lowest BCUT2D eigenvalue weighted by atomic mass is 9.72. The van der Waals surface area contributed by atoms with Gasteiger partial charge in [0.2, 0.25) is 0 Å². The Morgan fingerprint density at radius 3 is 3.00 bits per heavy atom. The van der Waals surface area contributed by atoms with E-state index >= 15 is 0 Å². The number of rotatable bonds is 1. The summed E-state index contributed by atoms with van der Waals surface area (Å²) in [7, 11) is 0. The molecular formula is C9H12O3. The smallest absolute Gasteiger partial charge is 0.307 e. The van der Waals surface area contributed by atoms with Crippen molar-refractivity contribution in [2.75, 3.05) is 0 Å². The lowest BCUT2D eigenvalue weighted by Crippen LogP contribution is -2.35. The maximum Gasteiger partial charge on any atom is 0.307 e. The van der Waals surface area contributed by atoms with E-state index < -0.39 is 5.41 Å². The summed E-state index contributed by atoms with van der Waals surface area (Å²) in [6, 6.07) is 0. The molecule has 1 saturated carbocycles. The molecule has 0 amide bonds. The molecule has 3 nitrogen and oxygen atoms in total. The van der Waals surface area contributed by atoms with Gasteiger partial charge in [0.05, 0.1) is 11.8 Å². The molecule has 3 heteroatoms. The first-order valence-corrected chi connectivity index (χ1v) is 4.43. The Labute approximate surface area is 71.1 Å². The van der Waals surface area contributed by atoms with Crippen LogP contribution in [0.15, 0.2) is 0 Å². The second kappa shape index (κ2) is 2.57. The van der Waals surface area contributed by atoms with Crippen LogP contribution in [-0.2, 0) is 14.3 Å². The third-order valence-electron chi connectivity index (χ3n) is 2.98. The van der Waals surface area contributed by atoms with Crippen LogP contribution < -0.4 is 0 Å². The molecule has 0 spiro atoms. The van der Waals surface area contributed by atoms with Gasteiger partial charge in [0, 0.05) is 0 Å². The van der Waals surface area contributed by atoms with Crippen molar-refractivity contribution in [3.63, 3.8) is 0 Å². The number of hydrogen-bond acceptors (Lipinski definition) is 3. The first-order chi connectivity index (χ1) is 5.77. The maximum absolute atomic E-state index is 11.0. The molecule has 1 aliphatic carbocycles. The fourth-order valence-corrected chi connectivity index (χ4v) is 2.26. The first kappa shape index (κ1) is 7.77. The minimum absolute atomic E-state index is 0.115. The largest absolute Gasteiger partial charge is 0.461 e. The molecule has 0 aromatic rings. The maximum atomic E-state index is 11.0. The highest BCUT2D eigenvalue weighted by molar-refractivity contribution is 5.80. The molecule has 2 rings (SSSR count). The van der Waals surface area contributed by atoms with Crippen LogP contribution in [0.1, 0.15) is 32.1 Å². The van der Waals surface area contributed by atoms with Crippen molar-refractivity contribution in [1.82, 2.24) is 0 Å². The molecule has 1 aliphatic heterocycles.